The topological polar surface area (TPSA) is 88.9 Å². The number of imidazole rings is 1. The first-order valence-electron chi connectivity index (χ1n) is 13.4. The van der Waals surface area contributed by atoms with Crippen molar-refractivity contribution >= 4 is 45.2 Å². The molecule has 1 atom stereocenters. The number of fused-ring (bicyclic) bond motifs is 1. The number of benzene rings is 2. The Balaban J connectivity index is 1.32. The third kappa shape index (κ3) is 5.84. The standard InChI is InChI=1S/C29H33BrClN5O4/c1-34(29(38)18-7-6-8-20(31)13-18)27-26(36-11-5-4-9-25(36)33-27)28(37)32-21-10-12-35(17-21)16-19-14-23(39-2)24(40-3)15-22(19)30/h6-8,13-15,21H,4-5,9-12,16-17H2,1-3H3,(H,32,37). The van der Waals surface area contributed by atoms with Crippen LogP contribution in [0.3, 0.4) is 0 Å². The Bertz CT molecular complexity index is 1430. The summed E-state index contributed by atoms with van der Waals surface area (Å²) < 4.78 is 13.8. The van der Waals surface area contributed by atoms with E-state index in [-0.39, 0.29) is 17.9 Å². The van der Waals surface area contributed by atoms with E-state index >= 15 is 0 Å². The highest BCUT2D eigenvalue weighted by molar-refractivity contribution is 9.10. The molecule has 1 unspecified atom stereocenters. The number of ether oxygens (including phenoxy) is 2. The van der Waals surface area contributed by atoms with Gasteiger partial charge in [-0.2, -0.15) is 0 Å². The largest absolute Gasteiger partial charge is 0.493 e. The van der Waals surface area contributed by atoms with Crippen molar-refractivity contribution in [1.82, 2.24) is 19.8 Å². The molecule has 0 saturated carbocycles. The zero-order chi connectivity index (χ0) is 28.4. The molecule has 0 aliphatic carbocycles. The van der Waals surface area contributed by atoms with E-state index in [0.29, 0.717) is 53.2 Å². The second kappa shape index (κ2) is 12.2. The van der Waals surface area contributed by atoms with Gasteiger partial charge in [-0.25, -0.2) is 4.98 Å². The van der Waals surface area contributed by atoms with Gasteiger partial charge in [0.25, 0.3) is 11.8 Å². The number of hydrogen-bond donors (Lipinski definition) is 1. The summed E-state index contributed by atoms with van der Waals surface area (Å²) in [6, 6.07) is 10.7. The summed E-state index contributed by atoms with van der Waals surface area (Å²) in [4.78, 5) is 35.6. The van der Waals surface area contributed by atoms with E-state index in [4.69, 9.17) is 26.1 Å². The second-order valence-corrected chi connectivity index (χ2v) is 11.5. The van der Waals surface area contributed by atoms with Gasteiger partial charge in [0, 0.05) is 60.7 Å². The third-order valence-corrected chi connectivity index (χ3v) is 8.50. The first-order valence-corrected chi connectivity index (χ1v) is 14.5. The minimum atomic E-state index is -0.264. The molecular weight excluding hydrogens is 598 g/mol. The molecule has 9 nitrogen and oxygen atoms in total. The monoisotopic (exact) mass is 629 g/mol. The molecule has 0 radical (unpaired) electrons. The van der Waals surface area contributed by atoms with Crippen molar-refractivity contribution in [3.63, 3.8) is 0 Å². The molecule has 0 bridgehead atoms. The van der Waals surface area contributed by atoms with Crippen molar-refractivity contribution in [3.8, 4) is 11.5 Å². The van der Waals surface area contributed by atoms with Crippen LogP contribution in [0.5, 0.6) is 11.5 Å². The zero-order valence-corrected chi connectivity index (χ0v) is 25.2. The molecule has 3 aromatic rings. The first kappa shape index (κ1) is 28.4. The number of amides is 2. The maximum Gasteiger partial charge on any atom is 0.272 e. The number of likely N-dealkylation sites (tertiary alicyclic amines) is 1. The molecule has 2 aliphatic rings. The molecule has 1 aromatic heterocycles. The van der Waals surface area contributed by atoms with Crippen LogP contribution in [0.1, 0.15) is 51.5 Å². The van der Waals surface area contributed by atoms with Crippen molar-refractivity contribution in [2.24, 2.45) is 0 Å². The number of aromatic nitrogens is 2. The molecule has 3 heterocycles. The van der Waals surface area contributed by atoms with Gasteiger partial charge >= 0.3 is 0 Å². The van der Waals surface area contributed by atoms with E-state index in [2.05, 4.69) is 26.1 Å². The van der Waals surface area contributed by atoms with E-state index in [0.717, 1.165) is 48.1 Å². The third-order valence-electron chi connectivity index (χ3n) is 7.52. The molecule has 2 aliphatic heterocycles. The fraction of sp³-hybridized carbons (Fsp3) is 0.414. The van der Waals surface area contributed by atoms with Crippen molar-refractivity contribution in [2.45, 2.75) is 44.8 Å². The van der Waals surface area contributed by atoms with Crippen LogP contribution < -0.4 is 19.7 Å². The normalized spacial score (nSPS) is 16.9. The number of hydrogen-bond acceptors (Lipinski definition) is 6. The van der Waals surface area contributed by atoms with Crippen LogP contribution in [0.2, 0.25) is 5.02 Å². The number of nitrogens with zero attached hydrogens (tertiary/aromatic N) is 4. The lowest BCUT2D eigenvalue weighted by Gasteiger charge is -2.21. The zero-order valence-electron chi connectivity index (χ0n) is 22.9. The maximum atomic E-state index is 13.8. The number of rotatable bonds is 8. The van der Waals surface area contributed by atoms with Gasteiger partial charge in [0.1, 0.15) is 5.82 Å². The number of carbonyl (C=O) groups is 2. The predicted molar refractivity (Wildman–Crippen MR) is 158 cm³/mol. The predicted octanol–water partition coefficient (Wildman–Crippen LogP) is 4.93. The first-order chi connectivity index (χ1) is 19.3. The maximum absolute atomic E-state index is 13.8. The highest BCUT2D eigenvalue weighted by Crippen LogP contribution is 2.34. The molecule has 1 saturated heterocycles. The van der Waals surface area contributed by atoms with Gasteiger partial charge in [-0.1, -0.05) is 33.6 Å². The number of halogens is 2. The average Bonchev–Trinajstić information content (AvgIpc) is 3.57. The quantitative estimate of drug-likeness (QED) is 0.380. The smallest absolute Gasteiger partial charge is 0.272 e. The molecule has 2 amide bonds. The fourth-order valence-electron chi connectivity index (χ4n) is 5.45. The summed E-state index contributed by atoms with van der Waals surface area (Å²) in [6.07, 6.45) is 3.57. The molecule has 2 aromatic carbocycles. The van der Waals surface area contributed by atoms with Gasteiger partial charge in [0.15, 0.2) is 23.0 Å². The van der Waals surface area contributed by atoms with Gasteiger partial charge < -0.3 is 19.4 Å². The number of nitrogens with one attached hydrogen (secondary N) is 1. The molecule has 0 spiro atoms. The SMILES string of the molecule is COc1cc(Br)c(CN2CCC(NC(=O)c3c(N(C)C(=O)c4cccc(Cl)c4)nc4n3CCCC4)C2)cc1OC. The Morgan fingerprint density at radius 2 is 1.93 bits per heavy atom. The van der Waals surface area contributed by atoms with Crippen molar-refractivity contribution in [1.29, 1.82) is 0 Å². The molecule has 11 heteroatoms. The Morgan fingerprint density at radius 3 is 2.67 bits per heavy atom. The van der Waals surface area contributed by atoms with Crippen LogP contribution in [0.15, 0.2) is 40.9 Å². The Hall–Kier alpha value is -3.08. The van der Waals surface area contributed by atoms with Gasteiger partial charge in [-0.3, -0.25) is 19.4 Å². The number of anilines is 1. The lowest BCUT2D eigenvalue weighted by molar-refractivity contribution is 0.0927. The molecule has 1 fully saturated rings. The molecular formula is C29H33BrClN5O4. The van der Waals surface area contributed by atoms with Gasteiger partial charge in [0.05, 0.1) is 14.2 Å². The minimum absolute atomic E-state index is 0.0250. The van der Waals surface area contributed by atoms with Crippen LogP contribution >= 0.6 is 27.5 Å². The van der Waals surface area contributed by atoms with Crippen LogP contribution in [0.4, 0.5) is 5.82 Å². The van der Waals surface area contributed by atoms with E-state index in [9.17, 15) is 9.59 Å². The van der Waals surface area contributed by atoms with E-state index in [1.54, 1.807) is 45.5 Å². The number of carbonyl (C=O) groups excluding carboxylic acids is 2. The Labute approximate surface area is 247 Å². The summed E-state index contributed by atoms with van der Waals surface area (Å²) in [5, 5.41) is 3.71. The van der Waals surface area contributed by atoms with Crippen LogP contribution in [0.25, 0.3) is 0 Å². The second-order valence-electron chi connectivity index (χ2n) is 10.2. The summed E-state index contributed by atoms with van der Waals surface area (Å²) in [7, 11) is 4.90. The minimum Gasteiger partial charge on any atom is -0.493 e. The summed E-state index contributed by atoms with van der Waals surface area (Å²) >= 11 is 9.77. The lowest BCUT2D eigenvalue weighted by Crippen LogP contribution is -2.39. The van der Waals surface area contributed by atoms with Crippen molar-refractivity contribution in [3.05, 3.63) is 68.5 Å². The lowest BCUT2D eigenvalue weighted by atomic mass is 10.1. The van der Waals surface area contributed by atoms with E-state index < -0.39 is 0 Å². The summed E-state index contributed by atoms with van der Waals surface area (Å²) in [6.45, 7) is 2.96. The van der Waals surface area contributed by atoms with Gasteiger partial charge in [-0.05, 0) is 55.2 Å². The Kier molecular flexibility index (Phi) is 8.68. The van der Waals surface area contributed by atoms with Crippen molar-refractivity contribution in [2.75, 3.05) is 39.3 Å². The van der Waals surface area contributed by atoms with E-state index in [1.165, 1.54) is 4.90 Å². The Morgan fingerprint density at radius 1 is 1.15 bits per heavy atom. The van der Waals surface area contributed by atoms with Crippen LogP contribution in [0, 0.1) is 0 Å². The fourth-order valence-corrected chi connectivity index (χ4v) is 6.08. The summed E-state index contributed by atoms with van der Waals surface area (Å²) in [5.41, 5.74) is 1.96. The average molecular weight is 631 g/mol. The molecule has 40 heavy (non-hydrogen) atoms. The highest BCUT2D eigenvalue weighted by atomic mass is 79.9. The molecule has 5 rings (SSSR count). The summed E-state index contributed by atoms with van der Waals surface area (Å²) in [5.74, 6) is 2.09. The van der Waals surface area contributed by atoms with Gasteiger partial charge in [-0.15, -0.1) is 0 Å². The highest BCUT2D eigenvalue weighted by Gasteiger charge is 2.32. The van der Waals surface area contributed by atoms with Gasteiger partial charge in [0.2, 0.25) is 0 Å². The molecule has 1 N–H and O–H groups in total. The number of aryl methyl sites for hydroxylation is 1. The van der Waals surface area contributed by atoms with Crippen molar-refractivity contribution < 1.29 is 19.1 Å². The van der Waals surface area contributed by atoms with Crippen LogP contribution in [-0.4, -0.2) is 66.7 Å². The van der Waals surface area contributed by atoms with E-state index in [1.807, 2.05) is 16.7 Å². The number of methoxy groups -OCH3 is 2. The van der Waals surface area contributed by atoms with Crippen LogP contribution in [-0.2, 0) is 19.5 Å². The molecule has 212 valence electrons.